The summed E-state index contributed by atoms with van der Waals surface area (Å²) < 4.78 is 33.2. The first-order valence-electron chi connectivity index (χ1n) is 6.72. The molecule has 8 nitrogen and oxygen atoms in total. The Morgan fingerprint density at radius 3 is 2.52 bits per heavy atom. The molecule has 0 spiro atoms. The zero-order valence-corrected chi connectivity index (χ0v) is 14.9. The highest BCUT2D eigenvalue weighted by Crippen LogP contribution is 2.34. The lowest BCUT2D eigenvalue weighted by Crippen LogP contribution is -2.17. The molecule has 25 heavy (non-hydrogen) atoms. The van der Waals surface area contributed by atoms with E-state index in [1.807, 2.05) is 0 Å². The first-order valence-corrected chi connectivity index (χ1v) is 8.91. The van der Waals surface area contributed by atoms with Crippen LogP contribution >= 0.6 is 23.2 Å². The molecule has 0 aliphatic rings. The molecule has 2 heterocycles. The zero-order valence-electron chi connectivity index (χ0n) is 12.6. The number of carbonyl (C=O) groups is 1. The van der Waals surface area contributed by atoms with Gasteiger partial charge in [0.05, 0.1) is 28.2 Å². The molecule has 0 fully saturated rings. The van der Waals surface area contributed by atoms with Crippen LogP contribution in [0.2, 0.25) is 10.0 Å². The first kappa shape index (κ1) is 17.6. The maximum absolute atomic E-state index is 12.0. The third-order valence-electron chi connectivity index (χ3n) is 3.47. The van der Waals surface area contributed by atoms with Crippen molar-refractivity contribution in [2.75, 3.05) is 0 Å². The molecule has 0 aliphatic carbocycles. The van der Waals surface area contributed by atoms with Crippen LogP contribution in [0.25, 0.3) is 17.0 Å². The molecule has 0 saturated carbocycles. The van der Waals surface area contributed by atoms with Crippen molar-refractivity contribution >= 4 is 45.0 Å². The van der Waals surface area contributed by atoms with Crippen LogP contribution in [0.5, 0.6) is 0 Å². The number of aromatic nitrogens is 3. The summed E-state index contributed by atoms with van der Waals surface area (Å²) in [4.78, 5) is 19.8. The van der Waals surface area contributed by atoms with Crippen molar-refractivity contribution in [1.29, 1.82) is 0 Å². The van der Waals surface area contributed by atoms with E-state index < -0.39 is 21.1 Å². The normalized spacial score (nSPS) is 11.8. The molecule has 0 bridgehead atoms. The number of fused-ring (bicyclic) bond motifs is 1. The summed E-state index contributed by atoms with van der Waals surface area (Å²) in [6, 6.07) is 4.57. The van der Waals surface area contributed by atoms with Crippen LogP contribution < -0.4 is 5.73 Å². The van der Waals surface area contributed by atoms with Crippen LogP contribution in [0.3, 0.4) is 0 Å². The van der Waals surface area contributed by atoms with E-state index in [2.05, 4.69) is 9.97 Å². The molecule has 1 amide bonds. The van der Waals surface area contributed by atoms with Crippen LogP contribution in [0.15, 0.2) is 29.4 Å². The highest BCUT2D eigenvalue weighted by Gasteiger charge is 2.24. The van der Waals surface area contributed by atoms with Crippen LogP contribution in [-0.2, 0) is 10.1 Å². The summed E-state index contributed by atoms with van der Waals surface area (Å²) >= 11 is 12.1. The molecule has 0 aliphatic heterocycles. The van der Waals surface area contributed by atoms with E-state index in [1.165, 1.54) is 17.4 Å². The van der Waals surface area contributed by atoms with E-state index in [0.29, 0.717) is 10.6 Å². The molecule has 11 heteroatoms. The van der Waals surface area contributed by atoms with Crippen molar-refractivity contribution in [3.8, 4) is 11.3 Å². The number of primary amides is 1. The Balaban J connectivity index is 2.50. The van der Waals surface area contributed by atoms with Gasteiger partial charge in [0.1, 0.15) is 0 Å². The molecule has 3 rings (SSSR count). The second-order valence-corrected chi connectivity index (χ2v) is 7.35. The van der Waals surface area contributed by atoms with Crippen LogP contribution in [0.1, 0.15) is 16.1 Å². The lowest BCUT2D eigenvalue weighted by atomic mass is 10.0. The van der Waals surface area contributed by atoms with Crippen LogP contribution in [0.4, 0.5) is 0 Å². The number of nitrogens with zero attached hydrogens (tertiary/aromatic N) is 3. The summed E-state index contributed by atoms with van der Waals surface area (Å²) in [6.45, 7) is 1.52. The van der Waals surface area contributed by atoms with Crippen molar-refractivity contribution in [3.05, 3.63) is 45.7 Å². The molecular weight excluding hydrogens is 391 g/mol. The SMILES string of the molecule is Cc1nc2nc(S(=O)(=O)O)cn2c(-c2ccc(Cl)cc2Cl)c1C(N)=O. The average Bonchev–Trinajstić information content (AvgIpc) is 2.89. The van der Waals surface area contributed by atoms with Gasteiger partial charge in [-0.05, 0) is 25.1 Å². The zero-order chi connectivity index (χ0) is 18.5. The molecule has 2 aromatic heterocycles. The van der Waals surface area contributed by atoms with Gasteiger partial charge in [-0.15, -0.1) is 0 Å². The predicted octanol–water partition coefficient (Wildman–Crippen LogP) is 2.36. The lowest BCUT2D eigenvalue weighted by Gasteiger charge is -2.13. The standard InChI is InChI=1S/C14H10Cl2N4O4S/c1-6-11(13(17)21)12(8-3-2-7(15)4-9(8)16)20-5-10(25(22,23)24)19-14(20)18-6/h2-5H,1H3,(H2,17,21)(H,22,23,24). The summed E-state index contributed by atoms with van der Waals surface area (Å²) in [5.74, 6) is -0.828. The van der Waals surface area contributed by atoms with Crippen molar-refractivity contribution in [2.24, 2.45) is 5.73 Å². The van der Waals surface area contributed by atoms with Gasteiger partial charge >= 0.3 is 10.1 Å². The van der Waals surface area contributed by atoms with E-state index in [-0.39, 0.29) is 27.8 Å². The number of amides is 1. The molecule has 0 saturated heterocycles. The van der Waals surface area contributed by atoms with Crippen molar-refractivity contribution < 1.29 is 17.8 Å². The number of hydrogen-bond donors (Lipinski definition) is 2. The first-order chi connectivity index (χ1) is 11.6. The van der Waals surface area contributed by atoms with Gasteiger partial charge in [-0.3, -0.25) is 13.7 Å². The Labute approximate surface area is 152 Å². The monoisotopic (exact) mass is 400 g/mol. The fourth-order valence-electron chi connectivity index (χ4n) is 2.46. The molecule has 3 N–H and O–H groups in total. The summed E-state index contributed by atoms with van der Waals surface area (Å²) in [6.07, 6.45) is 1.03. The third-order valence-corrected chi connectivity index (χ3v) is 4.74. The smallest absolute Gasteiger partial charge is 0.313 e. The van der Waals surface area contributed by atoms with Crippen molar-refractivity contribution in [1.82, 2.24) is 14.4 Å². The van der Waals surface area contributed by atoms with Crippen LogP contribution in [0, 0.1) is 6.92 Å². The Morgan fingerprint density at radius 1 is 1.28 bits per heavy atom. The third kappa shape index (κ3) is 3.07. The Kier molecular flexibility index (Phi) is 4.20. The Bertz CT molecular complexity index is 1140. The number of benzene rings is 1. The van der Waals surface area contributed by atoms with E-state index in [4.69, 9.17) is 28.9 Å². The molecule has 0 unspecified atom stereocenters. The number of rotatable bonds is 3. The fraction of sp³-hybridized carbons (Fsp3) is 0.0714. The molecular formula is C14H10Cl2N4O4S. The van der Waals surface area contributed by atoms with Crippen molar-refractivity contribution in [3.63, 3.8) is 0 Å². The maximum Gasteiger partial charge on any atom is 0.313 e. The lowest BCUT2D eigenvalue weighted by molar-refractivity contribution is 0.0999. The molecule has 1 aromatic carbocycles. The van der Waals surface area contributed by atoms with Gasteiger partial charge < -0.3 is 5.73 Å². The van der Waals surface area contributed by atoms with E-state index >= 15 is 0 Å². The molecule has 0 radical (unpaired) electrons. The van der Waals surface area contributed by atoms with Crippen molar-refractivity contribution in [2.45, 2.75) is 11.9 Å². The highest BCUT2D eigenvalue weighted by molar-refractivity contribution is 7.85. The minimum Gasteiger partial charge on any atom is -0.365 e. The Morgan fingerprint density at radius 2 is 1.96 bits per heavy atom. The van der Waals surface area contributed by atoms with Gasteiger partial charge in [-0.2, -0.15) is 13.4 Å². The molecule has 0 atom stereocenters. The number of halogens is 2. The quantitative estimate of drug-likeness (QED) is 0.649. The van der Waals surface area contributed by atoms with E-state index in [1.54, 1.807) is 12.1 Å². The van der Waals surface area contributed by atoms with E-state index in [0.717, 1.165) is 6.20 Å². The highest BCUT2D eigenvalue weighted by atomic mass is 35.5. The minimum absolute atomic E-state index is 0.0380. The fourth-order valence-corrected chi connectivity index (χ4v) is 3.39. The predicted molar refractivity (Wildman–Crippen MR) is 91.5 cm³/mol. The summed E-state index contributed by atoms with van der Waals surface area (Å²) in [5.41, 5.74) is 6.30. The number of aryl methyl sites for hydroxylation is 1. The summed E-state index contributed by atoms with van der Waals surface area (Å²) in [5, 5.41) is -0.0305. The number of carbonyl (C=O) groups excluding carboxylic acids is 1. The molecule has 3 aromatic rings. The van der Waals surface area contributed by atoms with Gasteiger partial charge in [-0.1, -0.05) is 23.2 Å². The maximum atomic E-state index is 12.0. The minimum atomic E-state index is -4.57. The van der Waals surface area contributed by atoms with Crippen LogP contribution in [-0.4, -0.2) is 33.2 Å². The van der Waals surface area contributed by atoms with E-state index in [9.17, 15) is 17.8 Å². The van der Waals surface area contributed by atoms with Gasteiger partial charge in [0, 0.05) is 10.6 Å². The number of imidazole rings is 1. The molecule has 130 valence electrons. The van der Waals surface area contributed by atoms with Gasteiger partial charge in [0.15, 0.2) is 0 Å². The largest absolute Gasteiger partial charge is 0.365 e. The average molecular weight is 401 g/mol. The second kappa shape index (κ2) is 5.95. The number of hydrogen-bond acceptors (Lipinski definition) is 5. The van der Waals surface area contributed by atoms with Gasteiger partial charge in [-0.25, -0.2) is 4.98 Å². The van der Waals surface area contributed by atoms with Gasteiger partial charge in [0.2, 0.25) is 10.8 Å². The summed E-state index contributed by atoms with van der Waals surface area (Å²) in [7, 11) is -4.57. The second-order valence-electron chi connectivity index (χ2n) is 5.13. The Hall–Kier alpha value is -2.20. The topological polar surface area (TPSA) is 128 Å². The number of nitrogens with two attached hydrogens (primary N) is 1. The van der Waals surface area contributed by atoms with Gasteiger partial charge in [0.25, 0.3) is 5.91 Å².